The van der Waals surface area contributed by atoms with E-state index in [-0.39, 0.29) is 0 Å². The third-order valence-electron chi connectivity index (χ3n) is 3.22. The first kappa shape index (κ1) is 10.9. The average Bonchev–Trinajstić information content (AvgIpc) is 2.69. The van der Waals surface area contributed by atoms with Gasteiger partial charge in [-0.15, -0.1) is 0 Å². The van der Waals surface area contributed by atoms with E-state index in [1.165, 1.54) is 0 Å². The van der Waals surface area contributed by atoms with Gasteiger partial charge >= 0.3 is 0 Å². The SMILES string of the molecule is Cn1c(N2CCNCC2)nc2cccc(Cl)c21. The summed E-state index contributed by atoms with van der Waals surface area (Å²) in [5.41, 5.74) is 1.98. The molecule has 2 heterocycles. The summed E-state index contributed by atoms with van der Waals surface area (Å²) in [7, 11) is 2.03. The molecule has 3 rings (SSSR count). The van der Waals surface area contributed by atoms with Crippen LogP contribution in [-0.4, -0.2) is 35.7 Å². The Morgan fingerprint density at radius 1 is 1.29 bits per heavy atom. The maximum atomic E-state index is 6.22. The molecule has 2 aromatic rings. The van der Waals surface area contributed by atoms with Crippen molar-refractivity contribution in [3.8, 4) is 0 Å². The molecule has 1 saturated heterocycles. The molecule has 0 atom stereocenters. The molecule has 0 aliphatic carbocycles. The summed E-state index contributed by atoms with van der Waals surface area (Å²) >= 11 is 6.22. The summed E-state index contributed by atoms with van der Waals surface area (Å²) in [5.74, 6) is 1.01. The molecular weight excluding hydrogens is 236 g/mol. The predicted octanol–water partition coefficient (Wildman–Crippen LogP) is 1.64. The molecule has 1 aliphatic heterocycles. The van der Waals surface area contributed by atoms with Crippen LogP contribution in [0.1, 0.15) is 0 Å². The molecule has 0 amide bonds. The average molecular weight is 251 g/mol. The number of fused-ring (bicyclic) bond motifs is 1. The molecule has 0 spiro atoms. The summed E-state index contributed by atoms with van der Waals surface area (Å²) < 4.78 is 2.09. The number of aryl methyl sites for hydroxylation is 1. The van der Waals surface area contributed by atoms with E-state index in [9.17, 15) is 0 Å². The number of nitrogens with one attached hydrogen (secondary N) is 1. The third-order valence-corrected chi connectivity index (χ3v) is 3.53. The lowest BCUT2D eigenvalue weighted by Gasteiger charge is -2.28. The maximum absolute atomic E-state index is 6.22. The summed E-state index contributed by atoms with van der Waals surface area (Å²) in [6, 6.07) is 5.86. The molecule has 0 saturated carbocycles. The van der Waals surface area contributed by atoms with Gasteiger partial charge in [-0.25, -0.2) is 4.98 Å². The van der Waals surface area contributed by atoms with Crippen molar-refractivity contribution < 1.29 is 0 Å². The highest BCUT2D eigenvalue weighted by Gasteiger charge is 2.17. The van der Waals surface area contributed by atoms with Crippen LogP contribution in [0.4, 0.5) is 5.95 Å². The Morgan fingerprint density at radius 3 is 2.76 bits per heavy atom. The summed E-state index contributed by atoms with van der Waals surface area (Å²) in [5, 5.41) is 4.11. The third kappa shape index (κ3) is 1.77. The Bertz CT molecular complexity index is 543. The van der Waals surface area contributed by atoms with Gasteiger partial charge in [-0.1, -0.05) is 17.7 Å². The van der Waals surface area contributed by atoms with Gasteiger partial charge in [0.05, 0.1) is 16.1 Å². The number of halogens is 1. The molecule has 1 aromatic heterocycles. The van der Waals surface area contributed by atoms with Gasteiger partial charge in [-0.2, -0.15) is 0 Å². The molecule has 4 nitrogen and oxygen atoms in total. The Balaban J connectivity index is 2.10. The van der Waals surface area contributed by atoms with Crippen LogP contribution in [0.15, 0.2) is 18.2 Å². The van der Waals surface area contributed by atoms with Gasteiger partial charge in [-0.3, -0.25) is 0 Å². The Kier molecular flexibility index (Phi) is 2.68. The molecule has 90 valence electrons. The minimum absolute atomic E-state index is 0.763. The molecule has 1 N–H and O–H groups in total. The zero-order valence-corrected chi connectivity index (χ0v) is 10.5. The first-order valence-electron chi connectivity index (χ1n) is 5.84. The zero-order chi connectivity index (χ0) is 11.8. The van der Waals surface area contributed by atoms with Gasteiger partial charge in [0.15, 0.2) is 0 Å². The van der Waals surface area contributed by atoms with E-state index in [1.54, 1.807) is 0 Å². The monoisotopic (exact) mass is 250 g/mol. The van der Waals surface area contributed by atoms with E-state index in [0.717, 1.165) is 48.2 Å². The van der Waals surface area contributed by atoms with E-state index in [0.29, 0.717) is 0 Å². The van der Waals surface area contributed by atoms with Crippen LogP contribution >= 0.6 is 11.6 Å². The standard InChI is InChI=1S/C12H15ClN4/c1-16-11-9(13)3-2-4-10(11)15-12(16)17-7-5-14-6-8-17/h2-4,14H,5-8H2,1H3. The van der Waals surface area contributed by atoms with E-state index < -0.39 is 0 Å². The minimum Gasteiger partial charge on any atom is -0.340 e. The van der Waals surface area contributed by atoms with Crippen molar-refractivity contribution in [3.05, 3.63) is 23.2 Å². The number of piperazine rings is 1. The fourth-order valence-corrected chi connectivity index (χ4v) is 2.65. The number of rotatable bonds is 1. The zero-order valence-electron chi connectivity index (χ0n) is 9.78. The second kappa shape index (κ2) is 4.20. The Labute approximate surface area is 105 Å². The second-order valence-electron chi connectivity index (χ2n) is 4.32. The minimum atomic E-state index is 0.763. The summed E-state index contributed by atoms with van der Waals surface area (Å²) in [4.78, 5) is 6.97. The fourth-order valence-electron chi connectivity index (χ4n) is 2.36. The van der Waals surface area contributed by atoms with E-state index in [4.69, 9.17) is 11.6 Å². The molecule has 5 heteroatoms. The Hall–Kier alpha value is -1.26. The first-order chi connectivity index (χ1) is 8.27. The van der Waals surface area contributed by atoms with Gasteiger partial charge in [0.1, 0.15) is 0 Å². The lowest BCUT2D eigenvalue weighted by atomic mass is 10.3. The van der Waals surface area contributed by atoms with Crippen LogP contribution in [0.5, 0.6) is 0 Å². The summed E-state index contributed by atoms with van der Waals surface area (Å²) in [6.07, 6.45) is 0. The smallest absolute Gasteiger partial charge is 0.206 e. The fraction of sp³-hybridized carbons (Fsp3) is 0.417. The van der Waals surface area contributed by atoms with Crippen LogP contribution in [0.3, 0.4) is 0 Å². The molecule has 0 radical (unpaired) electrons. The highest BCUT2D eigenvalue weighted by Crippen LogP contribution is 2.27. The Morgan fingerprint density at radius 2 is 2.06 bits per heavy atom. The molecule has 0 unspecified atom stereocenters. The summed E-state index contributed by atoms with van der Waals surface area (Å²) in [6.45, 7) is 4.01. The number of nitrogens with zero attached hydrogens (tertiary/aromatic N) is 3. The van der Waals surface area contributed by atoms with Crippen molar-refractivity contribution in [2.45, 2.75) is 0 Å². The van der Waals surface area contributed by atoms with Crippen molar-refractivity contribution in [1.29, 1.82) is 0 Å². The van der Waals surface area contributed by atoms with Crippen molar-refractivity contribution in [1.82, 2.24) is 14.9 Å². The van der Waals surface area contributed by atoms with Crippen LogP contribution in [0.2, 0.25) is 5.02 Å². The van der Waals surface area contributed by atoms with E-state index in [1.807, 2.05) is 25.2 Å². The molecule has 0 bridgehead atoms. The van der Waals surface area contributed by atoms with Gasteiger partial charge < -0.3 is 14.8 Å². The van der Waals surface area contributed by atoms with Crippen LogP contribution in [0.25, 0.3) is 11.0 Å². The molecule has 17 heavy (non-hydrogen) atoms. The lowest BCUT2D eigenvalue weighted by molar-refractivity contribution is 0.575. The van der Waals surface area contributed by atoms with E-state index in [2.05, 4.69) is 19.8 Å². The predicted molar refractivity (Wildman–Crippen MR) is 70.8 cm³/mol. The number of anilines is 1. The molecule has 1 fully saturated rings. The number of benzene rings is 1. The lowest BCUT2D eigenvalue weighted by Crippen LogP contribution is -2.44. The van der Waals surface area contributed by atoms with Crippen LogP contribution < -0.4 is 10.2 Å². The van der Waals surface area contributed by atoms with Gasteiger partial charge in [0.25, 0.3) is 0 Å². The highest BCUT2D eigenvalue weighted by molar-refractivity contribution is 6.35. The van der Waals surface area contributed by atoms with E-state index >= 15 is 0 Å². The molecular formula is C12H15ClN4. The molecule has 1 aromatic carbocycles. The quantitative estimate of drug-likeness (QED) is 0.835. The van der Waals surface area contributed by atoms with Gasteiger partial charge in [0.2, 0.25) is 5.95 Å². The normalized spacial score (nSPS) is 16.7. The number of hydrogen-bond acceptors (Lipinski definition) is 3. The number of imidazole rings is 1. The largest absolute Gasteiger partial charge is 0.340 e. The topological polar surface area (TPSA) is 33.1 Å². The van der Waals surface area contributed by atoms with Crippen LogP contribution in [-0.2, 0) is 7.05 Å². The maximum Gasteiger partial charge on any atom is 0.206 e. The second-order valence-corrected chi connectivity index (χ2v) is 4.72. The van der Waals surface area contributed by atoms with Gasteiger partial charge in [0, 0.05) is 33.2 Å². The van der Waals surface area contributed by atoms with Crippen molar-refractivity contribution in [2.75, 3.05) is 31.1 Å². The molecule has 1 aliphatic rings. The number of hydrogen-bond donors (Lipinski definition) is 1. The number of para-hydroxylation sites is 1. The first-order valence-corrected chi connectivity index (χ1v) is 6.22. The van der Waals surface area contributed by atoms with Crippen molar-refractivity contribution in [3.63, 3.8) is 0 Å². The van der Waals surface area contributed by atoms with Crippen molar-refractivity contribution in [2.24, 2.45) is 7.05 Å². The van der Waals surface area contributed by atoms with Gasteiger partial charge in [-0.05, 0) is 12.1 Å². The van der Waals surface area contributed by atoms with Crippen LogP contribution in [0, 0.1) is 0 Å². The number of aromatic nitrogens is 2. The van der Waals surface area contributed by atoms with Crippen molar-refractivity contribution >= 4 is 28.6 Å². The highest BCUT2D eigenvalue weighted by atomic mass is 35.5.